The maximum atomic E-state index is 12.5. The van der Waals surface area contributed by atoms with Crippen LogP contribution in [0.1, 0.15) is 18.4 Å². The third-order valence-corrected chi connectivity index (χ3v) is 6.16. The van der Waals surface area contributed by atoms with E-state index in [4.69, 9.17) is 4.74 Å². The van der Waals surface area contributed by atoms with Crippen molar-refractivity contribution in [2.24, 2.45) is 5.92 Å². The van der Waals surface area contributed by atoms with Crippen molar-refractivity contribution in [2.75, 3.05) is 24.6 Å². The Morgan fingerprint density at radius 3 is 2.60 bits per heavy atom. The van der Waals surface area contributed by atoms with Gasteiger partial charge in [0.05, 0.1) is 29.5 Å². The number of ether oxygens (including phenoxy) is 1. The molecule has 1 amide bonds. The van der Waals surface area contributed by atoms with E-state index in [0.717, 1.165) is 12.1 Å². The summed E-state index contributed by atoms with van der Waals surface area (Å²) < 4.78 is 66.0. The highest BCUT2D eigenvalue weighted by Gasteiger charge is 2.38. The largest absolute Gasteiger partial charge is 0.472 e. The first-order chi connectivity index (χ1) is 11.6. The number of hydrogen-bond acceptors (Lipinski definition) is 5. The van der Waals surface area contributed by atoms with Gasteiger partial charge in [-0.25, -0.2) is 13.4 Å². The fourth-order valence-corrected chi connectivity index (χ4v) is 4.79. The minimum Gasteiger partial charge on any atom is -0.472 e. The van der Waals surface area contributed by atoms with Gasteiger partial charge in [-0.15, -0.1) is 0 Å². The average molecular weight is 378 g/mol. The second-order valence-electron chi connectivity index (χ2n) is 6.30. The molecular weight excluding hydrogens is 361 g/mol. The summed E-state index contributed by atoms with van der Waals surface area (Å²) in [7, 11) is -3.13. The number of aromatic nitrogens is 1. The Morgan fingerprint density at radius 2 is 2.04 bits per heavy atom. The second-order valence-corrected chi connectivity index (χ2v) is 8.52. The number of alkyl halides is 3. The Balaban J connectivity index is 1.55. The zero-order valence-corrected chi connectivity index (χ0v) is 14.0. The van der Waals surface area contributed by atoms with Gasteiger partial charge in [-0.2, -0.15) is 13.2 Å². The van der Waals surface area contributed by atoms with Gasteiger partial charge in [0.1, 0.15) is 6.10 Å². The summed E-state index contributed by atoms with van der Waals surface area (Å²) in [4.78, 5) is 17.6. The van der Waals surface area contributed by atoms with Crippen molar-refractivity contribution in [3.05, 3.63) is 23.9 Å². The molecule has 0 aliphatic carbocycles. The molecule has 2 saturated heterocycles. The molecule has 2 aliphatic heterocycles. The Kier molecular flexibility index (Phi) is 4.65. The van der Waals surface area contributed by atoms with Crippen LogP contribution in [-0.2, 0) is 20.8 Å². The van der Waals surface area contributed by atoms with Crippen LogP contribution in [0.2, 0.25) is 0 Å². The molecule has 0 spiro atoms. The third kappa shape index (κ3) is 4.23. The molecule has 3 rings (SSSR count). The van der Waals surface area contributed by atoms with E-state index in [9.17, 15) is 26.4 Å². The van der Waals surface area contributed by atoms with Crippen molar-refractivity contribution in [2.45, 2.75) is 25.1 Å². The van der Waals surface area contributed by atoms with Gasteiger partial charge in [0.25, 0.3) is 0 Å². The van der Waals surface area contributed by atoms with E-state index in [1.54, 1.807) is 4.90 Å². The summed E-state index contributed by atoms with van der Waals surface area (Å²) in [5.41, 5.74) is -0.856. The lowest BCUT2D eigenvalue weighted by Gasteiger charge is -2.20. The first-order valence-electron chi connectivity index (χ1n) is 7.83. The Hall–Kier alpha value is -1.84. The van der Waals surface area contributed by atoms with Crippen LogP contribution >= 0.6 is 0 Å². The first-order valence-corrected chi connectivity index (χ1v) is 9.65. The molecule has 2 unspecified atom stereocenters. The summed E-state index contributed by atoms with van der Waals surface area (Å²) >= 11 is 0. The molecule has 25 heavy (non-hydrogen) atoms. The summed E-state index contributed by atoms with van der Waals surface area (Å²) in [6.45, 7) is 0.707. The zero-order chi connectivity index (χ0) is 18.2. The smallest absolute Gasteiger partial charge is 0.417 e. The van der Waals surface area contributed by atoms with Crippen molar-refractivity contribution in [1.29, 1.82) is 0 Å². The maximum absolute atomic E-state index is 12.5. The molecule has 6 nitrogen and oxygen atoms in total. The van der Waals surface area contributed by atoms with Crippen LogP contribution in [0.3, 0.4) is 0 Å². The number of rotatable bonds is 3. The zero-order valence-electron chi connectivity index (χ0n) is 13.2. The molecule has 138 valence electrons. The molecular formula is C15H17F3N2O4S. The molecule has 0 aromatic carbocycles. The van der Waals surface area contributed by atoms with Crippen molar-refractivity contribution in [1.82, 2.24) is 9.88 Å². The fraction of sp³-hybridized carbons (Fsp3) is 0.600. The first kappa shape index (κ1) is 18.0. The normalized spacial score (nSPS) is 26.0. The highest BCUT2D eigenvalue weighted by molar-refractivity contribution is 7.91. The van der Waals surface area contributed by atoms with E-state index < -0.39 is 27.5 Å². The highest BCUT2D eigenvalue weighted by atomic mass is 32.2. The number of carbonyl (C=O) groups is 1. The van der Waals surface area contributed by atoms with Crippen molar-refractivity contribution < 1.29 is 31.1 Å². The van der Waals surface area contributed by atoms with Crippen LogP contribution < -0.4 is 4.74 Å². The molecule has 0 N–H and O–H groups in total. The van der Waals surface area contributed by atoms with Crippen LogP contribution in [0.15, 0.2) is 18.3 Å². The van der Waals surface area contributed by atoms with E-state index in [1.165, 1.54) is 0 Å². The minimum atomic E-state index is -4.45. The van der Waals surface area contributed by atoms with Gasteiger partial charge in [-0.1, -0.05) is 0 Å². The lowest BCUT2D eigenvalue weighted by molar-refractivity contribution is -0.138. The number of pyridine rings is 1. The third-order valence-electron chi connectivity index (χ3n) is 4.39. The minimum absolute atomic E-state index is 0.0344. The van der Waals surface area contributed by atoms with Gasteiger partial charge in [0.2, 0.25) is 11.8 Å². The van der Waals surface area contributed by atoms with Crippen LogP contribution in [0.5, 0.6) is 5.88 Å². The van der Waals surface area contributed by atoms with E-state index in [2.05, 4.69) is 4.98 Å². The molecule has 0 bridgehead atoms. The molecule has 2 fully saturated rings. The summed E-state index contributed by atoms with van der Waals surface area (Å²) in [5.74, 6) is -0.725. The van der Waals surface area contributed by atoms with Gasteiger partial charge in [0, 0.05) is 25.2 Å². The van der Waals surface area contributed by atoms with Gasteiger partial charge < -0.3 is 9.64 Å². The predicted molar refractivity (Wildman–Crippen MR) is 81.6 cm³/mol. The van der Waals surface area contributed by atoms with Gasteiger partial charge >= 0.3 is 6.18 Å². The molecule has 0 saturated carbocycles. The maximum Gasteiger partial charge on any atom is 0.417 e. The van der Waals surface area contributed by atoms with Crippen molar-refractivity contribution in [3.8, 4) is 5.88 Å². The van der Waals surface area contributed by atoms with Gasteiger partial charge in [-0.3, -0.25) is 4.79 Å². The number of nitrogens with zero attached hydrogens (tertiary/aromatic N) is 2. The molecule has 0 radical (unpaired) electrons. The summed E-state index contributed by atoms with van der Waals surface area (Å²) in [5, 5.41) is 0. The Bertz CT molecular complexity index is 749. The lowest BCUT2D eigenvalue weighted by Crippen LogP contribution is -2.36. The number of likely N-dealkylation sites (tertiary alicyclic amines) is 1. The van der Waals surface area contributed by atoms with Gasteiger partial charge in [0.15, 0.2) is 9.84 Å². The SMILES string of the molecule is O=C(C1CCS(=O)(=O)C1)N1CCC(Oc2ccc(C(F)(F)F)cn2)C1. The van der Waals surface area contributed by atoms with Gasteiger partial charge in [-0.05, 0) is 12.5 Å². The number of halogens is 3. The molecule has 1 aromatic rings. The van der Waals surface area contributed by atoms with Crippen LogP contribution in [0.4, 0.5) is 13.2 Å². The molecule has 2 aliphatic rings. The number of sulfone groups is 1. The molecule has 3 heterocycles. The summed E-state index contributed by atoms with van der Waals surface area (Å²) in [6, 6.07) is 2.04. The Morgan fingerprint density at radius 1 is 1.28 bits per heavy atom. The quantitative estimate of drug-likeness (QED) is 0.797. The van der Waals surface area contributed by atoms with Crippen molar-refractivity contribution in [3.63, 3.8) is 0 Å². The molecule has 2 atom stereocenters. The van der Waals surface area contributed by atoms with Crippen molar-refractivity contribution >= 4 is 15.7 Å². The predicted octanol–water partition coefficient (Wildman–Crippen LogP) is 1.51. The number of carbonyl (C=O) groups excluding carboxylic acids is 1. The Labute approximate surface area is 142 Å². The van der Waals surface area contributed by atoms with E-state index >= 15 is 0 Å². The van der Waals surface area contributed by atoms with Crippen LogP contribution in [-0.4, -0.2) is 54.9 Å². The topological polar surface area (TPSA) is 76.6 Å². The van der Waals surface area contributed by atoms with E-state index in [-0.39, 0.29) is 35.9 Å². The monoisotopic (exact) mass is 378 g/mol. The standard InChI is InChI=1S/C15H17F3N2O4S/c16-15(17,18)11-1-2-13(19-7-11)24-12-3-5-20(8-12)14(21)10-4-6-25(22,23)9-10/h1-2,7,10,12H,3-6,8-9H2. The summed E-state index contributed by atoms with van der Waals surface area (Å²) in [6.07, 6.45) is -3.26. The fourth-order valence-electron chi connectivity index (χ4n) is 3.06. The number of amides is 1. The second kappa shape index (κ2) is 6.47. The number of hydrogen-bond donors (Lipinski definition) is 0. The van der Waals surface area contributed by atoms with Crippen LogP contribution in [0, 0.1) is 5.92 Å². The molecule has 1 aromatic heterocycles. The van der Waals surface area contributed by atoms with E-state index in [1.807, 2.05) is 0 Å². The van der Waals surface area contributed by atoms with Crippen LogP contribution in [0.25, 0.3) is 0 Å². The highest BCUT2D eigenvalue weighted by Crippen LogP contribution is 2.30. The molecule has 10 heteroatoms. The average Bonchev–Trinajstić information content (AvgIpc) is 3.13. The lowest BCUT2D eigenvalue weighted by atomic mass is 10.1. The van der Waals surface area contributed by atoms with E-state index in [0.29, 0.717) is 25.6 Å².